The van der Waals surface area contributed by atoms with Gasteiger partial charge in [-0.1, -0.05) is 36.8 Å². The highest BCUT2D eigenvalue weighted by atomic mass is 35.5. The Kier molecular flexibility index (Phi) is 6.34. The molecule has 2 aliphatic carbocycles. The van der Waals surface area contributed by atoms with E-state index in [4.69, 9.17) is 4.74 Å². The molecule has 3 unspecified atom stereocenters. The number of hydrogen-bond acceptors (Lipinski definition) is 2. The molecular weight excluding hydrogens is 428 g/mol. The van der Waals surface area contributed by atoms with Crippen molar-refractivity contribution < 1.29 is 4.74 Å². The number of fused-ring (bicyclic) bond motifs is 5. The summed E-state index contributed by atoms with van der Waals surface area (Å²) in [5.41, 5.74) is 7.24. The molecule has 1 aromatic carbocycles. The van der Waals surface area contributed by atoms with Crippen molar-refractivity contribution in [1.82, 2.24) is 9.55 Å². The van der Waals surface area contributed by atoms with Crippen LogP contribution in [0.25, 0.3) is 16.5 Å². The number of benzene rings is 1. The molecule has 3 atom stereocenters. The molecule has 3 aromatic rings. The van der Waals surface area contributed by atoms with Gasteiger partial charge in [0.25, 0.3) is 0 Å². The second-order valence-electron chi connectivity index (χ2n) is 9.80. The summed E-state index contributed by atoms with van der Waals surface area (Å²) in [4.78, 5) is 4.46. The molecule has 1 fully saturated rings. The Hall–Kier alpha value is -2.52. The van der Waals surface area contributed by atoms with Gasteiger partial charge in [-0.15, -0.1) is 12.4 Å². The SMILES string of the molecule is COc1cccc(CCCC2CCC3C(C=CC4=CCCc5c4n3c3ccncc53)C2)c1.Cl. The van der Waals surface area contributed by atoms with Gasteiger partial charge in [0.2, 0.25) is 0 Å². The van der Waals surface area contributed by atoms with E-state index in [0.717, 1.165) is 30.9 Å². The molecule has 0 N–H and O–H groups in total. The molecule has 0 amide bonds. The zero-order valence-corrected chi connectivity index (χ0v) is 20.2. The molecule has 0 radical (unpaired) electrons. The van der Waals surface area contributed by atoms with E-state index in [1.54, 1.807) is 7.11 Å². The fourth-order valence-corrected chi connectivity index (χ4v) is 6.47. The average Bonchev–Trinajstić information content (AvgIpc) is 3.08. The first-order valence-corrected chi connectivity index (χ1v) is 12.3. The first-order valence-electron chi connectivity index (χ1n) is 12.3. The van der Waals surface area contributed by atoms with Crippen LogP contribution >= 0.6 is 12.4 Å². The van der Waals surface area contributed by atoms with E-state index in [-0.39, 0.29) is 12.4 Å². The molecule has 0 bridgehead atoms. The third-order valence-electron chi connectivity index (χ3n) is 7.98. The Morgan fingerprint density at radius 1 is 1.18 bits per heavy atom. The lowest BCUT2D eigenvalue weighted by atomic mass is 9.76. The highest BCUT2D eigenvalue weighted by molar-refractivity contribution is 5.93. The van der Waals surface area contributed by atoms with E-state index in [9.17, 15) is 0 Å². The van der Waals surface area contributed by atoms with E-state index in [2.05, 4.69) is 58.2 Å². The molecule has 172 valence electrons. The van der Waals surface area contributed by atoms with Gasteiger partial charge in [0, 0.05) is 23.8 Å². The van der Waals surface area contributed by atoms with Gasteiger partial charge in [0.15, 0.2) is 0 Å². The van der Waals surface area contributed by atoms with Crippen LogP contribution in [0.5, 0.6) is 5.75 Å². The van der Waals surface area contributed by atoms with Crippen LogP contribution in [-0.2, 0) is 12.8 Å². The number of ether oxygens (including phenoxy) is 1. The molecule has 2 aromatic heterocycles. The van der Waals surface area contributed by atoms with Gasteiger partial charge >= 0.3 is 0 Å². The molecule has 3 nitrogen and oxygen atoms in total. The Bertz CT molecular complexity index is 1210. The predicted molar refractivity (Wildman–Crippen MR) is 138 cm³/mol. The lowest BCUT2D eigenvalue weighted by molar-refractivity contribution is 0.212. The number of methoxy groups -OCH3 is 1. The van der Waals surface area contributed by atoms with Crippen LogP contribution in [-0.4, -0.2) is 16.7 Å². The largest absolute Gasteiger partial charge is 0.497 e. The fourth-order valence-electron chi connectivity index (χ4n) is 6.47. The fraction of sp³-hybridized carbons (Fsp3) is 0.414. The van der Waals surface area contributed by atoms with Gasteiger partial charge in [-0.25, -0.2) is 0 Å². The van der Waals surface area contributed by atoms with Crippen LogP contribution in [0.1, 0.15) is 61.4 Å². The van der Waals surface area contributed by atoms with Gasteiger partial charge in [-0.2, -0.15) is 0 Å². The molecule has 4 heteroatoms. The smallest absolute Gasteiger partial charge is 0.119 e. The zero-order chi connectivity index (χ0) is 21.5. The standard InChI is InChI=1S/C29H32N2O.ClH/c1-32-24-9-3-7-20(18-24)5-2-6-21-11-14-27-23(17-21)13-12-22-8-4-10-25-26-19-30-16-15-28(26)31(27)29(22)25;/h3,7-9,12-13,15-16,18-19,21,23,27H,2,4-6,10-11,14,17H2,1H3;1H. The second kappa shape index (κ2) is 9.38. The maximum Gasteiger partial charge on any atom is 0.119 e. The summed E-state index contributed by atoms with van der Waals surface area (Å²) in [5, 5.41) is 1.38. The molecule has 1 saturated carbocycles. The maximum atomic E-state index is 5.39. The van der Waals surface area contributed by atoms with E-state index in [1.165, 1.54) is 65.4 Å². The molecule has 3 heterocycles. The first-order chi connectivity index (χ1) is 15.8. The zero-order valence-electron chi connectivity index (χ0n) is 19.4. The molecule has 0 saturated heterocycles. The molecule has 6 rings (SSSR count). The lowest BCUT2D eigenvalue weighted by Crippen LogP contribution is -2.26. The van der Waals surface area contributed by atoms with Crippen LogP contribution in [0, 0.1) is 11.8 Å². The minimum atomic E-state index is 0. The highest BCUT2D eigenvalue weighted by Gasteiger charge is 2.35. The molecule has 33 heavy (non-hydrogen) atoms. The lowest BCUT2D eigenvalue weighted by Gasteiger charge is -2.36. The van der Waals surface area contributed by atoms with Crippen molar-refractivity contribution in [2.45, 2.75) is 57.4 Å². The normalized spacial score (nSPS) is 23.2. The van der Waals surface area contributed by atoms with Crippen molar-refractivity contribution in [3.8, 4) is 5.75 Å². The van der Waals surface area contributed by atoms with E-state index < -0.39 is 0 Å². The van der Waals surface area contributed by atoms with Crippen LogP contribution < -0.4 is 4.74 Å². The van der Waals surface area contributed by atoms with E-state index in [1.807, 2.05) is 12.3 Å². The summed E-state index contributed by atoms with van der Waals surface area (Å²) in [7, 11) is 1.75. The summed E-state index contributed by atoms with van der Waals surface area (Å²) in [6.07, 6.45) is 21.4. The number of hydrogen-bond donors (Lipinski definition) is 0. The second-order valence-corrected chi connectivity index (χ2v) is 9.80. The molecular formula is C29H33ClN2O. The van der Waals surface area contributed by atoms with Gasteiger partial charge < -0.3 is 9.30 Å². The Morgan fingerprint density at radius 2 is 2.12 bits per heavy atom. The Morgan fingerprint density at radius 3 is 3.03 bits per heavy atom. The van der Waals surface area contributed by atoms with Crippen molar-refractivity contribution in [2.75, 3.05) is 7.11 Å². The molecule has 3 aliphatic rings. The van der Waals surface area contributed by atoms with Crippen LogP contribution in [0.2, 0.25) is 0 Å². The Labute approximate surface area is 203 Å². The van der Waals surface area contributed by atoms with Crippen LogP contribution in [0.15, 0.2) is 61.0 Å². The third kappa shape index (κ3) is 4.01. The topological polar surface area (TPSA) is 27.1 Å². The van der Waals surface area contributed by atoms with Crippen molar-refractivity contribution >= 4 is 28.9 Å². The number of halogens is 1. The minimum absolute atomic E-state index is 0. The highest BCUT2D eigenvalue weighted by Crippen LogP contribution is 2.48. The quantitative estimate of drug-likeness (QED) is 0.398. The minimum Gasteiger partial charge on any atom is -0.497 e. The summed E-state index contributed by atoms with van der Waals surface area (Å²) in [6.45, 7) is 0. The number of aromatic nitrogens is 2. The van der Waals surface area contributed by atoms with Gasteiger partial charge in [0.05, 0.1) is 18.3 Å². The number of aryl methyl sites for hydroxylation is 2. The van der Waals surface area contributed by atoms with Gasteiger partial charge in [0.1, 0.15) is 5.75 Å². The number of allylic oxidation sites excluding steroid dienone is 4. The van der Waals surface area contributed by atoms with Gasteiger partial charge in [-0.3, -0.25) is 4.98 Å². The molecule has 1 aliphatic heterocycles. The summed E-state index contributed by atoms with van der Waals surface area (Å²) >= 11 is 0. The van der Waals surface area contributed by atoms with E-state index in [0.29, 0.717) is 12.0 Å². The monoisotopic (exact) mass is 460 g/mol. The van der Waals surface area contributed by atoms with Crippen molar-refractivity contribution in [1.29, 1.82) is 0 Å². The van der Waals surface area contributed by atoms with Crippen molar-refractivity contribution in [3.63, 3.8) is 0 Å². The molecule has 0 spiro atoms. The van der Waals surface area contributed by atoms with Crippen LogP contribution in [0.4, 0.5) is 0 Å². The summed E-state index contributed by atoms with van der Waals surface area (Å²) in [5.74, 6) is 2.43. The average molecular weight is 461 g/mol. The summed E-state index contributed by atoms with van der Waals surface area (Å²) in [6, 6.07) is 11.4. The maximum absolute atomic E-state index is 5.39. The number of pyridine rings is 1. The van der Waals surface area contributed by atoms with Crippen molar-refractivity contribution in [3.05, 3.63) is 77.8 Å². The van der Waals surface area contributed by atoms with Crippen molar-refractivity contribution in [2.24, 2.45) is 11.8 Å². The predicted octanol–water partition coefficient (Wildman–Crippen LogP) is 7.35. The van der Waals surface area contributed by atoms with E-state index >= 15 is 0 Å². The van der Waals surface area contributed by atoms with Gasteiger partial charge in [-0.05, 0) is 91.7 Å². The number of nitrogens with zero attached hydrogens (tertiary/aromatic N) is 2. The summed E-state index contributed by atoms with van der Waals surface area (Å²) < 4.78 is 8.09. The Balaban J connectivity index is 0.00000228. The van der Waals surface area contributed by atoms with Crippen LogP contribution in [0.3, 0.4) is 0 Å². The number of rotatable bonds is 5. The third-order valence-corrected chi connectivity index (χ3v) is 7.98. The first kappa shape index (κ1) is 22.3.